The summed E-state index contributed by atoms with van der Waals surface area (Å²) in [4.78, 5) is 15.3. The zero-order valence-corrected chi connectivity index (χ0v) is 14.0. The summed E-state index contributed by atoms with van der Waals surface area (Å²) in [6.07, 6.45) is 11.7. The molecule has 0 radical (unpaired) electrons. The smallest absolute Gasteiger partial charge is 0.223 e. The van der Waals surface area contributed by atoms with Crippen molar-refractivity contribution in [1.82, 2.24) is 10.2 Å². The average molecular weight is 307 g/mol. The maximum atomic E-state index is 13.0. The molecule has 3 fully saturated rings. The third kappa shape index (κ3) is 3.48. The van der Waals surface area contributed by atoms with Gasteiger partial charge < -0.3 is 16.0 Å². The summed E-state index contributed by atoms with van der Waals surface area (Å²) in [6.45, 7) is 3.87. The molecule has 2 unspecified atom stereocenters. The molecular formula is C18H33N3O. The highest BCUT2D eigenvalue weighted by atomic mass is 16.2. The van der Waals surface area contributed by atoms with Gasteiger partial charge in [-0.1, -0.05) is 19.3 Å². The molecule has 4 heteroatoms. The zero-order chi connectivity index (χ0) is 15.4. The van der Waals surface area contributed by atoms with Crippen LogP contribution in [0.2, 0.25) is 0 Å². The minimum Gasteiger partial charge on any atom is -0.339 e. The van der Waals surface area contributed by atoms with E-state index in [0.29, 0.717) is 30.8 Å². The first-order valence-electron chi connectivity index (χ1n) is 9.44. The van der Waals surface area contributed by atoms with Gasteiger partial charge in [-0.2, -0.15) is 0 Å². The van der Waals surface area contributed by atoms with Crippen molar-refractivity contribution in [3.05, 3.63) is 0 Å². The second-order valence-electron chi connectivity index (χ2n) is 7.84. The lowest BCUT2D eigenvalue weighted by atomic mass is 9.71. The van der Waals surface area contributed by atoms with Crippen molar-refractivity contribution >= 4 is 5.91 Å². The first kappa shape index (κ1) is 16.3. The van der Waals surface area contributed by atoms with E-state index in [0.717, 1.165) is 32.5 Å². The van der Waals surface area contributed by atoms with Crippen LogP contribution in [0.15, 0.2) is 0 Å². The number of amides is 1. The number of carbonyl (C=O) groups excluding carboxylic acids is 1. The van der Waals surface area contributed by atoms with Gasteiger partial charge >= 0.3 is 0 Å². The van der Waals surface area contributed by atoms with Gasteiger partial charge in [-0.05, 0) is 69.5 Å². The minimum atomic E-state index is 0.102. The molecule has 1 saturated carbocycles. The maximum absolute atomic E-state index is 13.0. The van der Waals surface area contributed by atoms with Crippen molar-refractivity contribution in [1.29, 1.82) is 0 Å². The average Bonchev–Trinajstić information content (AvgIpc) is 3.10. The van der Waals surface area contributed by atoms with E-state index < -0.39 is 0 Å². The van der Waals surface area contributed by atoms with Crippen LogP contribution in [0.1, 0.15) is 64.2 Å². The molecule has 0 aromatic rings. The summed E-state index contributed by atoms with van der Waals surface area (Å²) in [5, 5.41) is 3.47. The Morgan fingerprint density at radius 3 is 2.64 bits per heavy atom. The van der Waals surface area contributed by atoms with Crippen molar-refractivity contribution in [2.24, 2.45) is 17.1 Å². The number of rotatable bonds is 4. The summed E-state index contributed by atoms with van der Waals surface area (Å²) in [6, 6.07) is 0.481. The monoisotopic (exact) mass is 307 g/mol. The standard InChI is InChI=1S/C18H33N3O/c19-14-18(8-3-1-4-9-18)12-17(22)21-11-5-2-6-16(21)15-7-10-20-13-15/h15-16,20H,1-14,19H2. The highest BCUT2D eigenvalue weighted by Gasteiger charge is 2.38. The fourth-order valence-corrected chi connectivity index (χ4v) is 4.94. The molecule has 3 aliphatic rings. The third-order valence-electron chi connectivity index (χ3n) is 6.39. The topological polar surface area (TPSA) is 58.4 Å². The first-order chi connectivity index (χ1) is 10.7. The highest BCUT2D eigenvalue weighted by molar-refractivity contribution is 5.77. The molecule has 0 spiro atoms. The van der Waals surface area contributed by atoms with E-state index >= 15 is 0 Å². The van der Waals surface area contributed by atoms with E-state index in [1.807, 2.05) is 0 Å². The molecule has 126 valence electrons. The van der Waals surface area contributed by atoms with Gasteiger partial charge in [-0.25, -0.2) is 0 Å². The second-order valence-corrected chi connectivity index (χ2v) is 7.84. The van der Waals surface area contributed by atoms with Crippen LogP contribution in [-0.2, 0) is 4.79 Å². The van der Waals surface area contributed by atoms with Crippen LogP contribution in [0.3, 0.4) is 0 Å². The van der Waals surface area contributed by atoms with E-state index in [1.165, 1.54) is 44.9 Å². The molecule has 0 aromatic carbocycles. The van der Waals surface area contributed by atoms with Gasteiger partial charge in [0.1, 0.15) is 0 Å². The Balaban J connectivity index is 1.65. The Kier molecular flexibility index (Phi) is 5.40. The van der Waals surface area contributed by atoms with Crippen LogP contribution >= 0.6 is 0 Å². The molecule has 1 amide bonds. The maximum Gasteiger partial charge on any atom is 0.223 e. The Bertz CT molecular complexity index is 373. The fourth-order valence-electron chi connectivity index (χ4n) is 4.94. The quantitative estimate of drug-likeness (QED) is 0.838. The predicted octanol–water partition coefficient (Wildman–Crippen LogP) is 2.28. The normalized spacial score (nSPS) is 32.1. The van der Waals surface area contributed by atoms with Crippen LogP contribution in [0.25, 0.3) is 0 Å². The molecule has 3 N–H and O–H groups in total. The molecule has 0 aromatic heterocycles. The van der Waals surface area contributed by atoms with Crippen molar-refractivity contribution in [3.63, 3.8) is 0 Å². The van der Waals surface area contributed by atoms with Crippen LogP contribution in [-0.4, -0.2) is 43.0 Å². The number of piperidine rings is 1. The summed E-state index contributed by atoms with van der Waals surface area (Å²) in [5.41, 5.74) is 6.19. The lowest BCUT2D eigenvalue weighted by Crippen LogP contribution is -2.50. The molecule has 22 heavy (non-hydrogen) atoms. The number of nitrogens with zero attached hydrogens (tertiary/aromatic N) is 1. The van der Waals surface area contributed by atoms with Crippen LogP contribution in [0.5, 0.6) is 0 Å². The third-order valence-corrected chi connectivity index (χ3v) is 6.39. The zero-order valence-electron chi connectivity index (χ0n) is 14.0. The van der Waals surface area contributed by atoms with Gasteiger partial charge in [0, 0.05) is 19.0 Å². The Hall–Kier alpha value is -0.610. The van der Waals surface area contributed by atoms with Crippen molar-refractivity contribution < 1.29 is 4.79 Å². The van der Waals surface area contributed by atoms with Crippen molar-refractivity contribution in [2.75, 3.05) is 26.2 Å². The summed E-state index contributed by atoms with van der Waals surface area (Å²) < 4.78 is 0. The van der Waals surface area contributed by atoms with Gasteiger partial charge in [0.05, 0.1) is 0 Å². The lowest BCUT2D eigenvalue weighted by molar-refractivity contribution is -0.139. The SMILES string of the molecule is NCC1(CC(=O)N2CCCCC2C2CCNC2)CCCCC1. The highest BCUT2D eigenvalue weighted by Crippen LogP contribution is 2.39. The summed E-state index contributed by atoms with van der Waals surface area (Å²) in [5.74, 6) is 1.06. The molecule has 2 atom stereocenters. The van der Waals surface area contributed by atoms with Gasteiger partial charge in [-0.15, -0.1) is 0 Å². The van der Waals surface area contributed by atoms with Gasteiger partial charge in [0.2, 0.25) is 5.91 Å². The molecule has 1 aliphatic carbocycles. The molecule has 2 heterocycles. The number of hydrogen-bond donors (Lipinski definition) is 2. The van der Waals surface area contributed by atoms with Crippen LogP contribution < -0.4 is 11.1 Å². The molecule has 0 bridgehead atoms. The van der Waals surface area contributed by atoms with Gasteiger partial charge in [0.15, 0.2) is 0 Å². The Morgan fingerprint density at radius 2 is 1.95 bits per heavy atom. The summed E-state index contributed by atoms with van der Waals surface area (Å²) in [7, 11) is 0. The van der Waals surface area contributed by atoms with Gasteiger partial charge in [-0.3, -0.25) is 4.79 Å². The number of nitrogens with one attached hydrogen (secondary N) is 1. The molecule has 2 aliphatic heterocycles. The van der Waals surface area contributed by atoms with E-state index in [9.17, 15) is 4.79 Å². The van der Waals surface area contributed by atoms with Crippen LogP contribution in [0.4, 0.5) is 0 Å². The molecule has 3 rings (SSSR count). The second kappa shape index (κ2) is 7.31. The lowest BCUT2D eigenvalue weighted by Gasteiger charge is -2.42. The van der Waals surface area contributed by atoms with E-state index in [2.05, 4.69) is 10.2 Å². The number of likely N-dealkylation sites (tertiary alicyclic amines) is 1. The fraction of sp³-hybridized carbons (Fsp3) is 0.944. The van der Waals surface area contributed by atoms with Gasteiger partial charge in [0.25, 0.3) is 0 Å². The molecule has 2 saturated heterocycles. The Morgan fingerprint density at radius 1 is 1.14 bits per heavy atom. The number of nitrogens with two attached hydrogens (primary N) is 1. The van der Waals surface area contributed by atoms with Crippen molar-refractivity contribution in [3.8, 4) is 0 Å². The van der Waals surface area contributed by atoms with E-state index in [-0.39, 0.29) is 5.41 Å². The number of hydrogen-bond acceptors (Lipinski definition) is 3. The number of carbonyl (C=O) groups is 1. The minimum absolute atomic E-state index is 0.102. The predicted molar refractivity (Wildman–Crippen MR) is 89.5 cm³/mol. The van der Waals surface area contributed by atoms with Crippen LogP contribution in [0, 0.1) is 11.3 Å². The van der Waals surface area contributed by atoms with Crippen molar-refractivity contribution in [2.45, 2.75) is 70.3 Å². The molecule has 4 nitrogen and oxygen atoms in total. The van der Waals surface area contributed by atoms with E-state index in [4.69, 9.17) is 5.73 Å². The largest absolute Gasteiger partial charge is 0.339 e. The van der Waals surface area contributed by atoms with E-state index in [1.54, 1.807) is 0 Å². The molecular weight excluding hydrogens is 274 g/mol. The first-order valence-corrected chi connectivity index (χ1v) is 9.44. The Labute approximate surface area is 135 Å². The summed E-state index contributed by atoms with van der Waals surface area (Å²) >= 11 is 0.